The van der Waals surface area contributed by atoms with E-state index in [2.05, 4.69) is 0 Å². The van der Waals surface area contributed by atoms with Crippen molar-refractivity contribution in [1.82, 2.24) is 4.90 Å². The van der Waals surface area contributed by atoms with Crippen molar-refractivity contribution in [3.63, 3.8) is 0 Å². The van der Waals surface area contributed by atoms with Crippen LogP contribution in [0.4, 0.5) is 0 Å². The molecule has 2 aromatic rings. The first-order chi connectivity index (χ1) is 12.6. The molecular formula is C20H17NO5. The van der Waals surface area contributed by atoms with Gasteiger partial charge in [0.2, 0.25) is 6.79 Å². The number of ether oxygens (including phenoxy) is 2. The largest absolute Gasteiger partial charge is 0.481 e. The molecule has 2 atom stereocenters. The van der Waals surface area contributed by atoms with Gasteiger partial charge in [0, 0.05) is 11.6 Å². The Morgan fingerprint density at radius 3 is 2.62 bits per heavy atom. The van der Waals surface area contributed by atoms with Crippen molar-refractivity contribution in [2.45, 2.75) is 30.8 Å². The van der Waals surface area contributed by atoms with Crippen molar-refractivity contribution in [1.29, 1.82) is 0 Å². The van der Waals surface area contributed by atoms with Crippen LogP contribution in [0.5, 0.6) is 11.5 Å². The molecule has 1 N–H and O–H groups in total. The van der Waals surface area contributed by atoms with Crippen LogP contribution in [0.3, 0.4) is 0 Å². The Labute approximate surface area is 149 Å². The third-order valence-electron chi connectivity index (χ3n) is 5.32. The molecule has 1 aliphatic carbocycles. The predicted octanol–water partition coefficient (Wildman–Crippen LogP) is 2.94. The van der Waals surface area contributed by atoms with Crippen LogP contribution in [0.25, 0.3) is 0 Å². The third kappa shape index (κ3) is 2.18. The molecular weight excluding hydrogens is 334 g/mol. The van der Waals surface area contributed by atoms with Crippen molar-refractivity contribution in [3.8, 4) is 11.5 Å². The zero-order valence-electron chi connectivity index (χ0n) is 13.9. The van der Waals surface area contributed by atoms with Gasteiger partial charge in [-0.05, 0) is 42.2 Å². The molecule has 132 valence electrons. The fraction of sp³-hybridized carbons (Fsp3) is 0.300. The van der Waals surface area contributed by atoms with E-state index in [0.717, 1.165) is 18.4 Å². The van der Waals surface area contributed by atoms with E-state index < -0.39 is 17.9 Å². The Balaban J connectivity index is 1.70. The van der Waals surface area contributed by atoms with Gasteiger partial charge in [-0.3, -0.25) is 9.59 Å². The summed E-state index contributed by atoms with van der Waals surface area (Å²) in [5.74, 6) is -0.610. The summed E-state index contributed by atoms with van der Waals surface area (Å²) in [5.41, 5.74) is 1.82. The lowest BCUT2D eigenvalue weighted by Gasteiger charge is -2.41. The van der Waals surface area contributed by atoms with Gasteiger partial charge < -0.3 is 19.5 Å². The molecule has 1 fully saturated rings. The number of aliphatic carboxylic acids is 1. The molecule has 1 amide bonds. The van der Waals surface area contributed by atoms with E-state index >= 15 is 0 Å². The highest BCUT2D eigenvalue weighted by molar-refractivity contribution is 6.00. The van der Waals surface area contributed by atoms with E-state index in [1.54, 1.807) is 41.3 Å². The van der Waals surface area contributed by atoms with Gasteiger partial charge in [0.25, 0.3) is 5.91 Å². The maximum Gasteiger partial charge on any atom is 0.313 e. The predicted molar refractivity (Wildman–Crippen MR) is 91.3 cm³/mol. The van der Waals surface area contributed by atoms with Crippen LogP contribution in [-0.2, 0) is 4.79 Å². The number of carbonyl (C=O) groups is 2. The minimum absolute atomic E-state index is 0.0909. The average Bonchev–Trinajstić information content (AvgIpc) is 3.37. The van der Waals surface area contributed by atoms with Crippen LogP contribution in [0, 0.1) is 0 Å². The molecule has 2 aliphatic heterocycles. The van der Waals surface area contributed by atoms with Crippen molar-refractivity contribution in [2.75, 3.05) is 6.79 Å². The number of benzene rings is 2. The highest BCUT2D eigenvalue weighted by Crippen LogP contribution is 2.49. The van der Waals surface area contributed by atoms with Crippen LogP contribution in [-0.4, -0.2) is 34.7 Å². The quantitative estimate of drug-likeness (QED) is 0.920. The van der Waals surface area contributed by atoms with Crippen molar-refractivity contribution < 1.29 is 24.2 Å². The standard InChI is InChI=1S/C20H17NO5/c22-19-14-4-2-1-3-13(14)17(20(23)24)18(21(19)12-6-7-12)11-5-8-15-16(9-11)26-10-25-15/h1-5,8-9,12,17-18H,6-7,10H2,(H,23,24)/t17-,18+/m1/s1. The van der Waals surface area contributed by atoms with Crippen LogP contribution < -0.4 is 9.47 Å². The normalized spacial score (nSPS) is 23.7. The van der Waals surface area contributed by atoms with Gasteiger partial charge in [-0.1, -0.05) is 24.3 Å². The topological polar surface area (TPSA) is 76.1 Å². The van der Waals surface area contributed by atoms with Crippen molar-refractivity contribution in [3.05, 3.63) is 59.2 Å². The number of carboxylic acids is 1. The number of rotatable bonds is 3. The fourth-order valence-electron chi connectivity index (χ4n) is 4.02. The summed E-state index contributed by atoms with van der Waals surface area (Å²) < 4.78 is 10.8. The summed E-state index contributed by atoms with van der Waals surface area (Å²) in [6.07, 6.45) is 1.81. The van der Waals surface area contributed by atoms with Crippen molar-refractivity contribution >= 4 is 11.9 Å². The second-order valence-corrected chi connectivity index (χ2v) is 6.90. The Bertz CT molecular complexity index is 920. The minimum Gasteiger partial charge on any atom is -0.481 e. The van der Waals surface area contributed by atoms with Crippen LogP contribution in [0.15, 0.2) is 42.5 Å². The van der Waals surface area contributed by atoms with Gasteiger partial charge in [0.1, 0.15) is 5.92 Å². The molecule has 1 saturated carbocycles. The average molecular weight is 351 g/mol. The maximum atomic E-state index is 13.2. The number of fused-ring (bicyclic) bond motifs is 2. The van der Waals surface area contributed by atoms with Gasteiger partial charge in [0.05, 0.1) is 6.04 Å². The molecule has 0 aromatic heterocycles. The minimum atomic E-state index is -0.932. The first-order valence-corrected chi connectivity index (χ1v) is 8.69. The maximum absolute atomic E-state index is 13.2. The molecule has 6 heteroatoms. The molecule has 0 spiro atoms. The SMILES string of the molecule is O=C(O)[C@@H]1c2ccccc2C(=O)N(C2CC2)[C@H]1c1ccc2c(c1)OCO2. The second kappa shape index (κ2) is 5.49. The van der Waals surface area contributed by atoms with Gasteiger partial charge in [-0.25, -0.2) is 0 Å². The highest BCUT2D eigenvalue weighted by atomic mass is 16.7. The van der Waals surface area contributed by atoms with Crippen LogP contribution in [0.2, 0.25) is 0 Å². The van der Waals surface area contributed by atoms with Gasteiger partial charge in [-0.2, -0.15) is 0 Å². The number of carbonyl (C=O) groups excluding carboxylic acids is 1. The third-order valence-corrected chi connectivity index (χ3v) is 5.32. The number of amides is 1. The molecule has 5 rings (SSSR count). The first kappa shape index (κ1) is 15.3. The summed E-state index contributed by atoms with van der Waals surface area (Å²) in [6.45, 7) is 0.153. The fourth-order valence-corrected chi connectivity index (χ4v) is 4.02. The summed E-state index contributed by atoms with van der Waals surface area (Å²) >= 11 is 0. The lowest BCUT2D eigenvalue weighted by Crippen LogP contribution is -2.46. The second-order valence-electron chi connectivity index (χ2n) is 6.90. The zero-order valence-corrected chi connectivity index (χ0v) is 13.9. The van der Waals surface area contributed by atoms with Gasteiger partial charge in [0.15, 0.2) is 11.5 Å². The molecule has 2 heterocycles. The van der Waals surface area contributed by atoms with Crippen LogP contribution in [0.1, 0.15) is 46.3 Å². The summed E-state index contributed by atoms with van der Waals surface area (Å²) in [6, 6.07) is 12.0. The summed E-state index contributed by atoms with van der Waals surface area (Å²) in [4.78, 5) is 27.2. The molecule has 0 radical (unpaired) electrons. The molecule has 26 heavy (non-hydrogen) atoms. The summed E-state index contributed by atoms with van der Waals surface area (Å²) in [5, 5.41) is 10.0. The van der Waals surface area contributed by atoms with E-state index in [4.69, 9.17) is 9.47 Å². The molecule has 2 aromatic carbocycles. The Kier molecular flexibility index (Phi) is 3.22. The lowest BCUT2D eigenvalue weighted by atomic mass is 9.79. The lowest BCUT2D eigenvalue weighted by molar-refractivity contribution is -0.140. The summed E-state index contributed by atoms with van der Waals surface area (Å²) in [7, 11) is 0. The van der Waals surface area contributed by atoms with Gasteiger partial charge >= 0.3 is 5.97 Å². The van der Waals surface area contributed by atoms with Crippen molar-refractivity contribution in [2.24, 2.45) is 0 Å². The van der Waals surface area contributed by atoms with Gasteiger partial charge in [-0.15, -0.1) is 0 Å². The molecule has 0 saturated heterocycles. The van der Waals surface area contributed by atoms with Crippen LogP contribution >= 0.6 is 0 Å². The van der Waals surface area contributed by atoms with E-state index in [0.29, 0.717) is 22.6 Å². The van der Waals surface area contributed by atoms with E-state index in [1.807, 2.05) is 6.07 Å². The monoisotopic (exact) mass is 351 g/mol. The zero-order chi connectivity index (χ0) is 17.8. The van der Waals surface area contributed by atoms with E-state index in [9.17, 15) is 14.7 Å². The number of hydrogen-bond acceptors (Lipinski definition) is 4. The number of nitrogens with zero attached hydrogens (tertiary/aromatic N) is 1. The van der Waals surface area contributed by atoms with E-state index in [1.165, 1.54) is 0 Å². The Hall–Kier alpha value is -3.02. The molecule has 0 bridgehead atoms. The Morgan fingerprint density at radius 2 is 1.85 bits per heavy atom. The smallest absolute Gasteiger partial charge is 0.313 e. The van der Waals surface area contributed by atoms with E-state index in [-0.39, 0.29) is 18.7 Å². The molecule has 3 aliphatic rings. The Morgan fingerprint density at radius 1 is 1.08 bits per heavy atom. The first-order valence-electron chi connectivity index (χ1n) is 8.69. The molecule has 6 nitrogen and oxygen atoms in total. The molecule has 0 unspecified atom stereocenters. The highest BCUT2D eigenvalue weighted by Gasteiger charge is 2.49. The number of hydrogen-bond donors (Lipinski definition) is 1. The number of carboxylic acid groups (broad SMARTS) is 1.